The Kier molecular flexibility index (Phi) is 3.77. The Labute approximate surface area is 119 Å². The molecule has 0 radical (unpaired) electrons. The number of nitrogen functional groups attached to an aromatic ring is 1. The van der Waals surface area contributed by atoms with Crippen LogP contribution < -0.4 is 11.4 Å². The predicted octanol–water partition coefficient (Wildman–Crippen LogP) is -0.684. The van der Waals surface area contributed by atoms with Gasteiger partial charge in [-0.1, -0.05) is 0 Å². The highest BCUT2D eigenvalue weighted by atomic mass is 125. The summed E-state index contributed by atoms with van der Waals surface area (Å²) in [6.07, 6.45) is -4.64. The number of nitrogens with two attached hydrogens (primary N) is 1. The summed E-state index contributed by atoms with van der Waals surface area (Å²) in [5.41, 5.74) is 4.37. The van der Waals surface area contributed by atoms with Crippen molar-refractivity contribution in [3.63, 3.8) is 0 Å². The zero-order valence-corrected chi connectivity index (χ0v) is 11.5. The minimum Gasteiger partial charge on any atom is -0.394 e. The molecular weight excluding hydrogens is 377 g/mol. The van der Waals surface area contributed by atoms with Crippen LogP contribution in [0.25, 0.3) is 0 Å². The van der Waals surface area contributed by atoms with Gasteiger partial charge in [-0.15, -0.1) is 0 Å². The van der Waals surface area contributed by atoms with Gasteiger partial charge < -0.3 is 20.7 Å². The molecular formula is C9H10F2IN3O4. The third-order valence-electron chi connectivity index (χ3n) is 2.75. The fourth-order valence-electron chi connectivity index (χ4n) is 1.74. The van der Waals surface area contributed by atoms with Crippen LogP contribution in [0.2, 0.25) is 0 Å². The van der Waals surface area contributed by atoms with Gasteiger partial charge in [0.2, 0.25) is 6.23 Å². The van der Waals surface area contributed by atoms with E-state index in [1.165, 1.54) is 0 Å². The van der Waals surface area contributed by atoms with Crippen molar-refractivity contribution in [2.24, 2.45) is 0 Å². The molecule has 0 bridgehead atoms. The molecule has 1 fully saturated rings. The topological polar surface area (TPSA) is 111 Å². The summed E-state index contributed by atoms with van der Waals surface area (Å²) >= 11 is 1.73. The van der Waals surface area contributed by atoms with Crippen molar-refractivity contribution in [1.29, 1.82) is 0 Å². The molecule has 0 spiro atoms. The molecule has 1 aromatic rings. The molecule has 0 aromatic carbocycles. The molecule has 0 aliphatic carbocycles. The lowest BCUT2D eigenvalue weighted by Crippen LogP contribution is -2.42. The molecule has 10 heteroatoms. The van der Waals surface area contributed by atoms with Crippen LogP contribution in [0, 0.1) is 3.57 Å². The van der Waals surface area contributed by atoms with Crippen molar-refractivity contribution in [3.8, 4) is 0 Å². The molecule has 19 heavy (non-hydrogen) atoms. The number of hydrogen-bond acceptors (Lipinski definition) is 6. The fourth-order valence-corrected chi connectivity index (χ4v) is 2.16. The summed E-state index contributed by atoms with van der Waals surface area (Å²) in [5.74, 6) is -3.81. The van der Waals surface area contributed by atoms with Gasteiger partial charge in [0.05, 0.1) is 10.2 Å². The van der Waals surface area contributed by atoms with Gasteiger partial charge in [-0.3, -0.25) is 4.57 Å². The van der Waals surface area contributed by atoms with Crippen molar-refractivity contribution in [2.75, 3.05) is 12.3 Å². The molecule has 0 unspecified atom stereocenters. The molecule has 7 nitrogen and oxygen atoms in total. The van der Waals surface area contributed by atoms with Gasteiger partial charge in [-0.2, -0.15) is 13.8 Å². The average Bonchev–Trinajstić information content (AvgIpc) is 2.56. The second-order valence-electron chi connectivity index (χ2n) is 3.99. The molecule has 1 aromatic heterocycles. The van der Waals surface area contributed by atoms with E-state index >= 15 is 0 Å². The van der Waals surface area contributed by atoms with Crippen LogP contribution >= 0.6 is 22.6 Å². The third-order valence-corrected chi connectivity index (χ3v) is 3.58. The summed E-state index contributed by atoms with van der Waals surface area (Å²) < 4.78 is 33.3. The quantitative estimate of drug-likeness (QED) is 0.580. The normalized spacial score (nSPS) is 29.6. The van der Waals surface area contributed by atoms with Gasteiger partial charge in [-0.25, -0.2) is 4.79 Å². The highest BCUT2D eigenvalue weighted by Crippen LogP contribution is 2.42. The van der Waals surface area contributed by atoms with Gasteiger partial charge in [0, 0.05) is 6.20 Å². The number of ether oxygens (including phenoxy) is 1. The SMILES string of the molecule is Nc1nc(=O)n([C@@H]2O[C@H](CO)[C@@H](O)C2(F)F)cc1[125I]. The van der Waals surface area contributed by atoms with Crippen molar-refractivity contribution >= 4 is 28.4 Å². The molecule has 1 aliphatic heterocycles. The summed E-state index contributed by atoms with van der Waals surface area (Å²) in [5, 5.41) is 18.2. The first kappa shape index (κ1) is 14.6. The first-order chi connectivity index (χ1) is 8.78. The van der Waals surface area contributed by atoms with Crippen LogP contribution in [-0.2, 0) is 4.74 Å². The van der Waals surface area contributed by atoms with Crippen LogP contribution in [0.15, 0.2) is 11.0 Å². The van der Waals surface area contributed by atoms with Crippen LogP contribution in [-0.4, -0.2) is 44.5 Å². The molecule has 0 saturated carbocycles. The Bertz CT molecular complexity index is 553. The van der Waals surface area contributed by atoms with Gasteiger partial charge in [-0.05, 0) is 22.6 Å². The maximum absolute atomic E-state index is 13.8. The Morgan fingerprint density at radius 2 is 2.26 bits per heavy atom. The van der Waals surface area contributed by atoms with E-state index in [2.05, 4.69) is 4.98 Å². The van der Waals surface area contributed by atoms with Gasteiger partial charge in [0.15, 0.2) is 6.10 Å². The van der Waals surface area contributed by atoms with E-state index in [0.717, 1.165) is 6.20 Å². The minimum atomic E-state index is -3.72. The van der Waals surface area contributed by atoms with Crippen LogP contribution in [0.5, 0.6) is 0 Å². The maximum Gasteiger partial charge on any atom is 0.351 e. The zero-order valence-electron chi connectivity index (χ0n) is 9.33. The summed E-state index contributed by atoms with van der Waals surface area (Å²) in [4.78, 5) is 15.0. The maximum atomic E-state index is 13.8. The molecule has 0 amide bonds. The number of aromatic nitrogens is 2. The van der Waals surface area contributed by atoms with Crippen LogP contribution in [0.4, 0.5) is 14.6 Å². The van der Waals surface area contributed by atoms with E-state index in [0.29, 0.717) is 8.14 Å². The highest BCUT2D eigenvalue weighted by Gasteiger charge is 2.59. The lowest BCUT2D eigenvalue weighted by atomic mass is 10.1. The largest absolute Gasteiger partial charge is 0.394 e. The van der Waals surface area contributed by atoms with Crippen molar-refractivity contribution < 1.29 is 23.7 Å². The fraction of sp³-hybridized carbons (Fsp3) is 0.556. The molecule has 1 saturated heterocycles. The molecule has 106 valence electrons. The number of rotatable bonds is 2. The molecule has 2 rings (SSSR count). The van der Waals surface area contributed by atoms with E-state index in [4.69, 9.17) is 15.6 Å². The van der Waals surface area contributed by atoms with Crippen LogP contribution in [0.3, 0.4) is 0 Å². The minimum absolute atomic E-state index is 0.0811. The Morgan fingerprint density at radius 1 is 1.63 bits per heavy atom. The van der Waals surface area contributed by atoms with Crippen LogP contribution in [0.1, 0.15) is 6.23 Å². The van der Waals surface area contributed by atoms with Gasteiger partial charge >= 0.3 is 11.6 Å². The molecule has 4 N–H and O–H groups in total. The van der Waals surface area contributed by atoms with Crippen molar-refractivity contribution in [1.82, 2.24) is 9.55 Å². The van der Waals surface area contributed by atoms with E-state index in [9.17, 15) is 18.7 Å². The van der Waals surface area contributed by atoms with E-state index in [1.54, 1.807) is 22.6 Å². The molecule has 3 atom stereocenters. The number of halogens is 3. The van der Waals surface area contributed by atoms with E-state index < -0.39 is 36.7 Å². The average molecular weight is 387 g/mol. The van der Waals surface area contributed by atoms with Gasteiger partial charge in [0.25, 0.3) is 0 Å². The lowest BCUT2D eigenvalue weighted by Gasteiger charge is -2.21. The number of aliphatic hydroxyl groups is 2. The number of aliphatic hydroxyl groups excluding tert-OH is 2. The first-order valence-electron chi connectivity index (χ1n) is 5.15. The monoisotopic (exact) mass is 387 g/mol. The second-order valence-corrected chi connectivity index (χ2v) is 5.15. The summed E-state index contributed by atoms with van der Waals surface area (Å²) in [6, 6.07) is 0. The van der Waals surface area contributed by atoms with Crippen molar-refractivity contribution in [3.05, 3.63) is 20.3 Å². The van der Waals surface area contributed by atoms with E-state index in [-0.39, 0.29) is 5.82 Å². The summed E-state index contributed by atoms with van der Waals surface area (Å²) in [7, 11) is 0. The number of alkyl halides is 2. The number of nitrogens with zero attached hydrogens (tertiary/aromatic N) is 2. The Hall–Kier alpha value is -0.850. The molecule has 2 heterocycles. The lowest BCUT2D eigenvalue weighted by molar-refractivity contribution is -0.141. The van der Waals surface area contributed by atoms with Gasteiger partial charge in [0.1, 0.15) is 11.9 Å². The van der Waals surface area contributed by atoms with Crippen molar-refractivity contribution in [2.45, 2.75) is 24.4 Å². The first-order valence-corrected chi connectivity index (χ1v) is 6.23. The molecule has 1 aliphatic rings. The smallest absolute Gasteiger partial charge is 0.351 e. The number of anilines is 1. The third kappa shape index (κ3) is 2.32. The second kappa shape index (κ2) is 4.92. The Balaban J connectivity index is 2.48. The Morgan fingerprint density at radius 3 is 2.79 bits per heavy atom. The summed E-state index contributed by atoms with van der Waals surface area (Å²) in [6.45, 7) is -0.790. The zero-order chi connectivity index (χ0) is 14.4. The standard InChI is InChI=1S/C9H10F2IN3O4/c10-9(11)5(17)4(2-16)19-7(9)15-1-3(12)6(13)14-8(15)18/h1,4-5,7,16-17H,2H2,(H2,13,14,18)/t4-,5-,7-/m1/s1/i12-2. The van der Waals surface area contributed by atoms with E-state index in [1.807, 2.05) is 0 Å². The number of hydrogen-bond donors (Lipinski definition) is 3. The predicted molar refractivity (Wildman–Crippen MR) is 67.6 cm³/mol. The highest BCUT2D eigenvalue weighted by molar-refractivity contribution is 14.1.